The van der Waals surface area contributed by atoms with Crippen LogP contribution in [0.4, 0.5) is 0 Å². The molecule has 2 rings (SSSR count). The van der Waals surface area contributed by atoms with Crippen LogP contribution in [0.2, 0.25) is 0 Å². The van der Waals surface area contributed by atoms with Crippen LogP contribution in [-0.4, -0.2) is 36.8 Å². The van der Waals surface area contributed by atoms with Crippen molar-refractivity contribution in [2.45, 2.75) is 25.3 Å². The summed E-state index contributed by atoms with van der Waals surface area (Å²) in [6.45, 7) is 1.72. The lowest BCUT2D eigenvalue weighted by molar-refractivity contribution is -0.126. The van der Waals surface area contributed by atoms with Crippen molar-refractivity contribution in [3.8, 4) is 0 Å². The topological polar surface area (TPSA) is 61.4 Å². The van der Waals surface area contributed by atoms with E-state index in [9.17, 15) is 9.90 Å². The summed E-state index contributed by atoms with van der Waals surface area (Å²) in [4.78, 5) is 12.1. The van der Waals surface area contributed by atoms with Gasteiger partial charge < -0.3 is 15.7 Å². The summed E-state index contributed by atoms with van der Waals surface area (Å²) in [5, 5.41) is 15.6. The van der Waals surface area contributed by atoms with Crippen molar-refractivity contribution in [1.29, 1.82) is 0 Å². The zero-order valence-corrected chi connectivity index (χ0v) is 11.1. The molecule has 1 aromatic rings. The Labute approximate surface area is 114 Å². The third kappa shape index (κ3) is 4.33. The lowest BCUT2D eigenvalue weighted by Crippen LogP contribution is -2.46. The maximum Gasteiger partial charge on any atom is 0.224 e. The number of hydrogen-bond donors (Lipinski definition) is 3. The van der Waals surface area contributed by atoms with E-state index in [-0.39, 0.29) is 24.5 Å². The molecule has 1 heterocycles. The Bertz CT molecular complexity index is 388. The van der Waals surface area contributed by atoms with Gasteiger partial charge in [0.05, 0.1) is 18.6 Å². The molecule has 1 aliphatic rings. The summed E-state index contributed by atoms with van der Waals surface area (Å²) in [6.07, 6.45) is 2.64. The minimum absolute atomic E-state index is 0.0270. The van der Waals surface area contributed by atoms with Gasteiger partial charge in [0.2, 0.25) is 5.91 Å². The van der Waals surface area contributed by atoms with Crippen LogP contribution in [0.25, 0.3) is 0 Å². The maximum atomic E-state index is 12.1. The number of rotatable bonds is 5. The second-order valence-electron chi connectivity index (χ2n) is 5.12. The van der Waals surface area contributed by atoms with Crippen LogP contribution in [0.15, 0.2) is 30.3 Å². The lowest BCUT2D eigenvalue weighted by Gasteiger charge is -2.24. The number of carbonyl (C=O) groups is 1. The van der Waals surface area contributed by atoms with Crippen molar-refractivity contribution >= 4 is 5.91 Å². The average Bonchev–Trinajstić information content (AvgIpc) is 2.48. The Kier molecular flexibility index (Phi) is 5.36. The van der Waals surface area contributed by atoms with E-state index in [2.05, 4.69) is 10.6 Å². The first-order valence-corrected chi connectivity index (χ1v) is 6.95. The highest BCUT2D eigenvalue weighted by Gasteiger charge is 2.22. The van der Waals surface area contributed by atoms with E-state index < -0.39 is 0 Å². The van der Waals surface area contributed by atoms with Crippen LogP contribution < -0.4 is 10.6 Å². The number of hydrogen-bond acceptors (Lipinski definition) is 3. The first kappa shape index (κ1) is 14.0. The molecule has 0 spiro atoms. The lowest BCUT2D eigenvalue weighted by atomic mass is 9.98. The molecule has 0 aliphatic carbocycles. The van der Waals surface area contributed by atoms with Crippen molar-refractivity contribution in [3.05, 3.63) is 35.9 Å². The molecule has 1 amide bonds. The van der Waals surface area contributed by atoms with Crippen molar-refractivity contribution in [1.82, 2.24) is 10.6 Å². The highest BCUT2D eigenvalue weighted by molar-refractivity contribution is 5.79. The molecule has 1 saturated heterocycles. The molecular weight excluding hydrogens is 240 g/mol. The zero-order valence-electron chi connectivity index (χ0n) is 11.1. The van der Waals surface area contributed by atoms with Crippen LogP contribution in [-0.2, 0) is 11.2 Å². The monoisotopic (exact) mass is 262 g/mol. The normalized spacial score (nSPS) is 20.8. The maximum absolute atomic E-state index is 12.1. The third-order valence-electron chi connectivity index (χ3n) is 3.56. The zero-order chi connectivity index (χ0) is 13.5. The summed E-state index contributed by atoms with van der Waals surface area (Å²) in [7, 11) is 0. The Morgan fingerprint density at radius 2 is 2.21 bits per heavy atom. The van der Waals surface area contributed by atoms with E-state index in [0.29, 0.717) is 6.42 Å². The van der Waals surface area contributed by atoms with Gasteiger partial charge >= 0.3 is 0 Å². The van der Waals surface area contributed by atoms with Gasteiger partial charge in [0.15, 0.2) is 0 Å². The molecule has 0 bridgehead atoms. The molecule has 1 fully saturated rings. The van der Waals surface area contributed by atoms with E-state index in [0.717, 1.165) is 31.5 Å². The molecular formula is C15H22N2O2. The molecule has 1 aliphatic heterocycles. The first-order chi connectivity index (χ1) is 9.29. The molecule has 2 atom stereocenters. The van der Waals surface area contributed by atoms with Crippen LogP contribution in [0.1, 0.15) is 18.4 Å². The van der Waals surface area contributed by atoms with Gasteiger partial charge in [-0.25, -0.2) is 0 Å². The second kappa shape index (κ2) is 7.26. The van der Waals surface area contributed by atoms with E-state index >= 15 is 0 Å². The fraction of sp³-hybridized carbons (Fsp3) is 0.533. The van der Waals surface area contributed by atoms with Crippen LogP contribution in [0.5, 0.6) is 0 Å². The Hall–Kier alpha value is -1.39. The van der Waals surface area contributed by atoms with Crippen molar-refractivity contribution < 1.29 is 9.90 Å². The molecule has 4 heteroatoms. The molecule has 3 N–H and O–H groups in total. The van der Waals surface area contributed by atoms with E-state index in [4.69, 9.17) is 0 Å². The summed E-state index contributed by atoms with van der Waals surface area (Å²) in [5.74, 6) is 0.0979. The molecule has 1 aromatic carbocycles. The van der Waals surface area contributed by atoms with Crippen LogP contribution in [0, 0.1) is 5.92 Å². The van der Waals surface area contributed by atoms with Gasteiger partial charge in [0.1, 0.15) is 0 Å². The van der Waals surface area contributed by atoms with Crippen molar-refractivity contribution in [3.63, 3.8) is 0 Å². The van der Waals surface area contributed by atoms with Gasteiger partial charge in [-0.2, -0.15) is 0 Å². The Balaban J connectivity index is 1.86. The number of amides is 1. The summed E-state index contributed by atoms with van der Waals surface area (Å²) < 4.78 is 0. The summed E-state index contributed by atoms with van der Waals surface area (Å²) >= 11 is 0. The third-order valence-corrected chi connectivity index (χ3v) is 3.56. The fourth-order valence-electron chi connectivity index (χ4n) is 2.45. The number of nitrogens with one attached hydrogen (secondary N) is 2. The Morgan fingerprint density at radius 1 is 1.42 bits per heavy atom. The first-order valence-electron chi connectivity index (χ1n) is 6.95. The predicted octanol–water partition coefficient (Wildman–Crippen LogP) is 0.706. The second-order valence-corrected chi connectivity index (χ2v) is 5.12. The van der Waals surface area contributed by atoms with Gasteiger partial charge in [0.25, 0.3) is 0 Å². The number of piperidine rings is 1. The highest BCUT2D eigenvalue weighted by atomic mass is 16.3. The van der Waals surface area contributed by atoms with Crippen LogP contribution in [0.3, 0.4) is 0 Å². The molecule has 0 aromatic heterocycles. The van der Waals surface area contributed by atoms with Crippen molar-refractivity contribution in [2.75, 3.05) is 19.7 Å². The Morgan fingerprint density at radius 3 is 2.84 bits per heavy atom. The van der Waals surface area contributed by atoms with Gasteiger partial charge in [0, 0.05) is 6.54 Å². The highest BCUT2D eigenvalue weighted by Crippen LogP contribution is 2.11. The summed E-state index contributed by atoms with van der Waals surface area (Å²) in [5.41, 5.74) is 1.13. The fourth-order valence-corrected chi connectivity index (χ4v) is 2.45. The molecule has 0 saturated carbocycles. The number of carbonyl (C=O) groups excluding carboxylic acids is 1. The van der Waals surface area contributed by atoms with E-state index in [1.807, 2.05) is 30.3 Å². The van der Waals surface area contributed by atoms with Gasteiger partial charge in [-0.05, 0) is 31.4 Å². The number of aliphatic hydroxyl groups excluding tert-OH is 1. The standard InChI is InChI=1S/C15H22N2O2/c18-11-14(9-12-5-2-1-3-6-12)17-15(19)13-7-4-8-16-10-13/h1-3,5-6,13-14,16,18H,4,7-11H2,(H,17,19)/t13-,14?/m0/s1. The minimum Gasteiger partial charge on any atom is -0.394 e. The smallest absolute Gasteiger partial charge is 0.224 e. The van der Waals surface area contributed by atoms with Crippen molar-refractivity contribution in [2.24, 2.45) is 5.92 Å². The summed E-state index contributed by atoms with van der Waals surface area (Å²) in [6, 6.07) is 9.72. The quantitative estimate of drug-likeness (QED) is 0.732. The molecule has 0 radical (unpaired) electrons. The van der Waals surface area contributed by atoms with Crippen LogP contribution >= 0.6 is 0 Å². The average molecular weight is 262 g/mol. The number of aliphatic hydroxyl groups is 1. The van der Waals surface area contributed by atoms with E-state index in [1.54, 1.807) is 0 Å². The minimum atomic E-state index is -0.197. The molecule has 4 nitrogen and oxygen atoms in total. The largest absolute Gasteiger partial charge is 0.394 e. The predicted molar refractivity (Wildman–Crippen MR) is 74.8 cm³/mol. The van der Waals surface area contributed by atoms with Gasteiger partial charge in [-0.1, -0.05) is 30.3 Å². The van der Waals surface area contributed by atoms with E-state index in [1.165, 1.54) is 0 Å². The molecule has 1 unspecified atom stereocenters. The molecule has 104 valence electrons. The van der Waals surface area contributed by atoms with Gasteiger partial charge in [-0.3, -0.25) is 4.79 Å². The number of benzene rings is 1. The van der Waals surface area contributed by atoms with Gasteiger partial charge in [-0.15, -0.1) is 0 Å². The molecule has 19 heavy (non-hydrogen) atoms. The SMILES string of the molecule is O=C(NC(CO)Cc1ccccc1)[C@H]1CCCNC1.